The maximum Gasteiger partial charge on any atom is 0.313 e. The minimum Gasteiger partial charge on any atom is -0.490 e. The van der Waals surface area contributed by atoms with Crippen molar-refractivity contribution in [1.82, 2.24) is 0 Å². The van der Waals surface area contributed by atoms with Gasteiger partial charge in [0, 0.05) is 16.6 Å². The number of hydrogen-bond acceptors (Lipinski definition) is 4. The van der Waals surface area contributed by atoms with E-state index in [1.54, 1.807) is 0 Å². The molecule has 0 saturated carbocycles. The Morgan fingerprint density at radius 3 is 2.69 bits per heavy atom. The summed E-state index contributed by atoms with van der Waals surface area (Å²) in [5.41, 5.74) is 5.65. The molecule has 2 N–H and O–H groups in total. The molecule has 0 bridgehead atoms. The molecular formula is C7H7BrN2O3. The SMILES string of the molecule is COc1cc(Br)c(N)cc1[N+](=O)[O-]. The number of nitrogen functional groups attached to an aromatic ring is 1. The summed E-state index contributed by atoms with van der Waals surface area (Å²) in [7, 11) is 1.37. The Bertz CT molecular complexity index is 354. The number of halogens is 1. The molecule has 1 aromatic carbocycles. The minimum atomic E-state index is -0.540. The smallest absolute Gasteiger partial charge is 0.313 e. The molecule has 1 rings (SSSR count). The van der Waals surface area contributed by atoms with Gasteiger partial charge in [0.15, 0.2) is 5.75 Å². The zero-order valence-electron chi connectivity index (χ0n) is 6.78. The molecule has 0 saturated heterocycles. The Hall–Kier alpha value is -1.30. The van der Waals surface area contributed by atoms with Gasteiger partial charge in [-0.1, -0.05) is 0 Å². The Labute approximate surface area is 82.8 Å². The topological polar surface area (TPSA) is 78.4 Å². The van der Waals surface area contributed by atoms with E-state index in [-0.39, 0.29) is 11.4 Å². The molecule has 0 radical (unpaired) electrons. The number of rotatable bonds is 2. The van der Waals surface area contributed by atoms with E-state index in [1.165, 1.54) is 19.2 Å². The van der Waals surface area contributed by atoms with E-state index < -0.39 is 4.92 Å². The molecule has 0 aliphatic heterocycles. The molecule has 13 heavy (non-hydrogen) atoms. The number of hydrogen-bond donors (Lipinski definition) is 1. The van der Waals surface area contributed by atoms with Gasteiger partial charge >= 0.3 is 5.69 Å². The van der Waals surface area contributed by atoms with E-state index in [9.17, 15) is 10.1 Å². The highest BCUT2D eigenvalue weighted by atomic mass is 79.9. The first-order chi connectivity index (χ1) is 6.06. The molecule has 5 nitrogen and oxygen atoms in total. The maximum atomic E-state index is 10.5. The first-order valence-electron chi connectivity index (χ1n) is 3.33. The molecule has 1 aromatic rings. The van der Waals surface area contributed by atoms with Crippen molar-refractivity contribution in [2.45, 2.75) is 0 Å². The third-order valence-corrected chi connectivity index (χ3v) is 2.18. The van der Waals surface area contributed by atoms with E-state index in [0.717, 1.165) is 0 Å². The number of nitro benzene ring substituents is 1. The summed E-state index contributed by atoms with van der Waals surface area (Å²) in [6.07, 6.45) is 0. The van der Waals surface area contributed by atoms with Gasteiger partial charge in [-0.25, -0.2) is 0 Å². The summed E-state index contributed by atoms with van der Waals surface area (Å²) in [5, 5.41) is 10.5. The number of nitro groups is 1. The number of nitrogens with zero attached hydrogens (tertiary/aromatic N) is 1. The molecule has 0 aliphatic carbocycles. The zero-order valence-corrected chi connectivity index (χ0v) is 8.37. The lowest BCUT2D eigenvalue weighted by molar-refractivity contribution is -0.385. The Balaban J connectivity index is 3.33. The van der Waals surface area contributed by atoms with Crippen LogP contribution in [0, 0.1) is 10.1 Å². The van der Waals surface area contributed by atoms with E-state index in [4.69, 9.17) is 10.5 Å². The van der Waals surface area contributed by atoms with Crippen LogP contribution >= 0.6 is 15.9 Å². The number of nitrogens with two attached hydrogens (primary N) is 1. The number of benzene rings is 1. The number of methoxy groups -OCH3 is 1. The summed E-state index contributed by atoms with van der Waals surface area (Å²) in [6.45, 7) is 0. The van der Waals surface area contributed by atoms with Crippen molar-refractivity contribution >= 4 is 27.3 Å². The Morgan fingerprint density at radius 1 is 1.62 bits per heavy atom. The molecular weight excluding hydrogens is 240 g/mol. The number of ether oxygens (including phenoxy) is 1. The molecule has 70 valence electrons. The van der Waals surface area contributed by atoms with Crippen LogP contribution in [0.1, 0.15) is 0 Å². The summed E-state index contributed by atoms with van der Waals surface area (Å²) in [5.74, 6) is 0.186. The molecule has 0 atom stereocenters. The summed E-state index contributed by atoms with van der Waals surface area (Å²) in [6, 6.07) is 2.72. The average Bonchev–Trinajstić information content (AvgIpc) is 2.08. The fraction of sp³-hybridized carbons (Fsp3) is 0.143. The second-order valence-corrected chi connectivity index (χ2v) is 3.16. The summed E-state index contributed by atoms with van der Waals surface area (Å²) in [4.78, 5) is 9.96. The van der Waals surface area contributed by atoms with E-state index >= 15 is 0 Å². The van der Waals surface area contributed by atoms with Crippen molar-refractivity contribution in [2.24, 2.45) is 0 Å². The lowest BCUT2D eigenvalue weighted by atomic mass is 10.2. The van der Waals surface area contributed by atoms with Crippen LogP contribution in [0.4, 0.5) is 11.4 Å². The Morgan fingerprint density at radius 2 is 2.23 bits per heavy atom. The zero-order chi connectivity index (χ0) is 10.0. The van der Waals surface area contributed by atoms with Crippen molar-refractivity contribution in [3.05, 3.63) is 26.7 Å². The van der Waals surface area contributed by atoms with Crippen LogP contribution in [-0.4, -0.2) is 12.0 Å². The minimum absolute atomic E-state index is 0.136. The van der Waals surface area contributed by atoms with Crippen LogP contribution in [0.3, 0.4) is 0 Å². The monoisotopic (exact) mass is 246 g/mol. The maximum absolute atomic E-state index is 10.5. The van der Waals surface area contributed by atoms with Gasteiger partial charge in [0.2, 0.25) is 0 Å². The third kappa shape index (κ3) is 1.89. The highest BCUT2D eigenvalue weighted by molar-refractivity contribution is 9.10. The summed E-state index contributed by atoms with van der Waals surface area (Å²) < 4.78 is 5.39. The average molecular weight is 247 g/mol. The van der Waals surface area contributed by atoms with Crippen molar-refractivity contribution in [3.8, 4) is 5.75 Å². The normalized spacial score (nSPS) is 9.69. The van der Waals surface area contributed by atoms with Gasteiger partial charge in [-0.2, -0.15) is 0 Å². The van der Waals surface area contributed by atoms with Crippen molar-refractivity contribution in [1.29, 1.82) is 0 Å². The number of anilines is 1. The predicted octanol–water partition coefficient (Wildman–Crippen LogP) is 1.95. The van der Waals surface area contributed by atoms with Crippen LogP contribution in [0.2, 0.25) is 0 Å². The molecule has 0 amide bonds. The van der Waals surface area contributed by atoms with Crippen LogP contribution in [0.15, 0.2) is 16.6 Å². The van der Waals surface area contributed by atoms with Crippen LogP contribution in [0.5, 0.6) is 5.75 Å². The van der Waals surface area contributed by atoms with Crippen LogP contribution < -0.4 is 10.5 Å². The van der Waals surface area contributed by atoms with Crippen LogP contribution in [-0.2, 0) is 0 Å². The van der Waals surface area contributed by atoms with Gasteiger partial charge in [0.05, 0.1) is 17.7 Å². The predicted molar refractivity (Wildman–Crippen MR) is 51.8 cm³/mol. The lowest BCUT2D eigenvalue weighted by Crippen LogP contribution is -1.96. The van der Waals surface area contributed by atoms with E-state index in [0.29, 0.717) is 10.2 Å². The molecule has 0 heterocycles. The first kappa shape index (κ1) is 9.79. The highest BCUT2D eigenvalue weighted by Crippen LogP contribution is 2.34. The highest BCUT2D eigenvalue weighted by Gasteiger charge is 2.16. The quantitative estimate of drug-likeness (QED) is 0.492. The molecule has 6 heteroatoms. The van der Waals surface area contributed by atoms with E-state index in [2.05, 4.69) is 15.9 Å². The molecule has 0 fully saturated rings. The first-order valence-corrected chi connectivity index (χ1v) is 4.13. The summed E-state index contributed by atoms with van der Waals surface area (Å²) >= 11 is 3.14. The molecule has 0 unspecified atom stereocenters. The van der Waals surface area contributed by atoms with Gasteiger partial charge in [-0.05, 0) is 15.9 Å². The van der Waals surface area contributed by atoms with Gasteiger partial charge in [0.1, 0.15) is 0 Å². The molecule has 0 aliphatic rings. The second kappa shape index (κ2) is 3.61. The van der Waals surface area contributed by atoms with Crippen molar-refractivity contribution in [3.63, 3.8) is 0 Å². The fourth-order valence-electron chi connectivity index (χ4n) is 0.866. The third-order valence-electron chi connectivity index (χ3n) is 1.49. The lowest BCUT2D eigenvalue weighted by Gasteiger charge is -2.03. The Kier molecular flexibility index (Phi) is 2.72. The largest absolute Gasteiger partial charge is 0.490 e. The second-order valence-electron chi connectivity index (χ2n) is 2.30. The van der Waals surface area contributed by atoms with Gasteiger partial charge < -0.3 is 10.5 Å². The molecule has 0 aromatic heterocycles. The van der Waals surface area contributed by atoms with E-state index in [1.807, 2.05) is 0 Å². The molecule has 0 spiro atoms. The van der Waals surface area contributed by atoms with Gasteiger partial charge in [-0.3, -0.25) is 10.1 Å². The van der Waals surface area contributed by atoms with Gasteiger partial charge in [0.25, 0.3) is 0 Å². The fourth-order valence-corrected chi connectivity index (χ4v) is 1.19. The van der Waals surface area contributed by atoms with Crippen molar-refractivity contribution < 1.29 is 9.66 Å². The van der Waals surface area contributed by atoms with Crippen LogP contribution in [0.25, 0.3) is 0 Å². The standard InChI is InChI=1S/C7H7BrN2O3/c1-13-7-2-4(8)5(9)3-6(7)10(11)12/h2-3H,9H2,1H3. The van der Waals surface area contributed by atoms with Crippen molar-refractivity contribution in [2.75, 3.05) is 12.8 Å². The van der Waals surface area contributed by atoms with Gasteiger partial charge in [-0.15, -0.1) is 0 Å².